The predicted molar refractivity (Wildman–Crippen MR) is 68.6 cm³/mol. The molecule has 2 aromatic rings. The van der Waals surface area contributed by atoms with Crippen LogP contribution in [0.4, 0.5) is 13.2 Å². The minimum atomic E-state index is -4.50. The lowest BCUT2D eigenvalue weighted by Crippen LogP contribution is -2.03. The smallest absolute Gasteiger partial charge is 0.430 e. The number of hydrogen-bond acceptors (Lipinski definition) is 4. The molecule has 0 atom stereocenters. The summed E-state index contributed by atoms with van der Waals surface area (Å²) in [5.41, 5.74) is 1.85. The maximum atomic E-state index is 12.4. The van der Waals surface area contributed by atoms with Crippen LogP contribution in [-0.2, 0) is 6.18 Å². The van der Waals surface area contributed by atoms with Gasteiger partial charge in [0.2, 0.25) is 5.01 Å². The predicted octanol–water partition coefficient (Wildman–Crippen LogP) is 4.73. The summed E-state index contributed by atoms with van der Waals surface area (Å²) in [6, 6.07) is 3.43. The van der Waals surface area contributed by atoms with Crippen molar-refractivity contribution in [1.29, 1.82) is 0 Å². The number of benzene rings is 1. The number of ether oxygens (including phenoxy) is 1. The van der Waals surface area contributed by atoms with Gasteiger partial charge in [0.25, 0.3) is 5.19 Å². The van der Waals surface area contributed by atoms with Gasteiger partial charge in [-0.3, -0.25) is 0 Å². The highest BCUT2D eigenvalue weighted by Crippen LogP contribution is 2.36. The lowest BCUT2D eigenvalue weighted by molar-refractivity contribution is -0.138. The molecule has 2 rings (SSSR count). The lowest BCUT2D eigenvalue weighted by Gasteiger charge is -2.07. The first-order valence-corrected chi connectivity index (χ1v) is 6.73. The van der Waals surface area contributed by atoms with Crippen molar-refractivity contribution in [3.8, 4) is 10.9 Å². The Morgan fingerprint density at radius 1 is 1.16 bits per heavy atom. The van der Waals surface area contributed by atoms with Gasteiger partial charge < -0.3 is 4.74 Å². The van der Waals surface area contributed by atoms with Crippen molar-refractivity contribution in [3.05, 3.63) is 32.7 Å². The van der Waals surface area contributed by atoms with Gasteiger partial charge in [0.1, 0.15) is 5.75 Å². The molecule has 0 radical (unpaired) electrons. The molecule has 0 fully saturated rings. The van der Waals surface area contributed by atoms with Crippen LogP contribution in [0.3, 0.4) is 0 Å². The normalized spacial score (nSPS) is 11.7. The maximum absolute atomic E-state index is 12.4. The molecule has 0 unspecified atom stereocenters. The summed E-state index contributed by atoms with van der Waals surface area (Å²) in [5.74, 6) is 0.433. The fourth-order valence-corrected chi connectivity index (χ4v) is 2.24. The summed E-state index contributed by atoms with van der Waals surface area (Å²) in [4.78, 5) is 0. The molecule has 3 nitrogen and oxygen atoms in total. The third-order valence-corrected chi connectivity index (χ3v) is 4.36. The van der Waals surface area contributed by atoms with E-state index in [9.17, 15) is 13.2 Å². The average Bonchev–Trinajstić information content (AvgIpc) is 2.74. The van der Waals surface area contributed by atoms with Crippen molar-refractivity contribution >= 4 is 27.3 Å². The molecule has 0 aliphatic heterocycles. The largest absolute Gasteiger partial charge is 0.445 e. The fourth-order valence-electron chi connectivity index (χ4n) is 1.43. The van der Waals surface area contributed by atoms with Crippen LogP contribution in [-0.4, -0.2) is 10.2 Å². The van der Waals surface area contributed by atoms with Crippen molar-refractivity contribution in [2.45, 2.75) is 20.0 Å². The monoisotopic (exact) mass is 352 g/mol. The Morgan fingerprint density at radius 2 is 1.74 bits per heavy atom. The molecule has 0 bridgehead atoms. The van der Waals surface area contributed by atoms with E-state index in [4.69, 9.17) is 4.74 Å². The van der Waals surface area contributed by atoms with Gasteiger partial charge in [0.05, 0.1) is 0 Å². The molecule has 0 aliphatic rings. The highest BCUT2D eigenvalue weighted by atomic mass is 79.9. The number of aromatic nitrogens is 2. The Bertz CT molecular complexity index is 589. The standard InChI is InChI=1S/C11H8BrF3N2OS/c1-5-3-7(4-6(2)8(5)12)18-10-17-16-9(19-10)11(13,14)15/h3-4H,1-2H3. The van der Waals surface area contributed by atoms with Crippen molar-refractivity contribution in [1.82, 2.24) is 10.2 Å². The van der Waals surface area contributed by atoms with E-state index < -0.39 is 11.2 Å². The van der Waals surface area contributed by atoms with Crippen LogP contribution in [0.2, 0.25) is 0 Å². The Balaban J connectivity index is 2.25. The van der Waals surface area contributed by atoms with Gasteiger partial charge in [-0.1, -0.05) is 32.4 Å². The maximum Gasteiger partial charge on any atom is 0.445 e. The van der Waals surface area contributed by atoms with E-state index in [0.29, 0.717) is 17.1 Å². The minimum Gasteiger partial charge on any atom is -0.430 e. The molecule has 8 heteroatoms. The zero-order valence-electron chi connectivity index (χ0n) is 9.88. The molecule has 0 saturated carbocycles. The van der Waals surface area contributed by atoms with Gasteiger partial charge in [0, 0.05) is 4.47 Å². The first-order valence-electron chi connectivity index (χ1n) is 5.12. The second-order valence-electron chi connectivity index (χ2n) is 3.84. The third-order valence-electron chi connectivity index (χ3n) is 2.26. The number of alkyl halides is 3. The van der Waals surface area contributed by atoms with Gasteiger partial charge in [-0.2, -0.15) is 13.2 Å². The third kappa shape index (κ3) is 3.24. The second kappa shape index (κ2) is 5.09. The van der Waals surface area contributed by atoms with Crippen LogP contribution in [0, 0.1) is 13.8 Å². The van der Waals surface area contributed by atoms with Crippen LogP contribution < -0.4 is 4.74 Å². The summed E-state index contributed by atoms with van der Waals surface area (Å²) in [6.07, 6.45) is -4.50. The molecular weight excluding hydrogens is 345 g/mol. The van der Waals surface area contributed by atoms with E-state index in [2.05, 4.69) is 26.1 Å². The summed E-state index contributed by atoms with van der Waals surface area (Å²) >= 11 is 3.77. The molecule has 19 heavy (non-hydrogen) atoms. The summed E-state index contributed by atoms with van der Waals surface area (Å²) in [7, 11) is 0. The van der Waals surface area contributed by atoms with Crippen LogP contribution in [0.5, 0.6) is 10.9 Å². The molecule has 0 amide bonds. The van der Waals surface area contributed by atoms with Gasteiger partial charge in [-0.05, 0) is 37.1 Å². The van der Waals surface area contributed by atoms with Gasteiger partial charge in [0.15, 0.2) is 0 Å². The molecule has 0 N–H and O–H groups in total. The topological polar surface area (TPSA) is 35.0 Å². The molecular formula is C11H8BrF3N2OS. The van der Waals surface area contributed by atoms with Gasteiger partial charge in [-0.15, -0.1) is 5.10 Å². The van der Waals surface area contributed by atoms with Crippen molar-refractivity contribution < 1.29 is 17.9 Å². The highest BCUT2D eigenvalue weighted by Gasteiger charge is 2.36. The number of aryl methyl sites for hydroxylation is 2. The number of halogens is 4. The molecule has 1 aromatic carbocycles. The molecule has 102 valence electrons. The van der Waals surface area contributed by atoms with E-state index in [1.54, 1.807) is 12.1 Å². The minimum absolute atomic E-state index is 0.131. The molecule has 0 saturated heterocycles. The Hall–Kier alpha value is -1.15. The Morgan fingerprint density at radius 3 is 2.21 bits per heavy atom. The second-order valence-corrected chi connectivity index (χ2v) is 5.58. The van der Waals surface area contributed by atoms with Crippen LogP contribution in [0.15, 0.2) is 16.6 Å². The van der Waals surface area contributed by atoms with Gasteiger partial charge in [-0.25, -0.2) is 0 Å². The first kappa shape index (κ1) is 14.3. The highest BCUT2D eigenvalue weighted by molar-refractivity contribution is 9.10. The van der Waals surface area contributed by atoms with Gasteiger partial charge >= 0.3 is 6.18 Å². The van der Waals surface area contributed by atoms with E-state index in [-0.39, 0.29) is 5.19 Å². The molecule has 0 spiro atoms. The SMILES string of the molecule is Cc1cc(Oc2nnc(C(F)(F)F)s2)cc(C)c1Br. The quantitative estimate of drug-likeness (QED) is 0.783. The van der Waals surface area contributed by atoms with E-state index in [1.165, 1.54) is 0 Å². The van der Waals surface area contributed by atoms with Crippen molar-refractivity contribution in [2.24, 2.45) is 0 Å². The van der Waals surface area contributed by atoms with E-state index in [0.717, 1.165) is 15.6 Å². The number of hydrogen-bond donors (Lipinski definition) is 0. The van der Waals surface area contributed by atoms with Crippen LogP contribution in [0.25, 0.3) is 0 Å². The summed E-state index contributed by atoms with van der Waals surface area (Å²) in [5, 5.41) is 5.28. The average molecular weight is 353 g/mol. The van der Waals surface area contributed by atoms with Crippen molar-refractivity contribution in [3.63, 3.8) is 0 Å². The first-order chi connectivity index (χ1) is 8.77. The lowest BCUT2D eigenvalue weighted by atomic mass is 10.1. The fraction of sp³-hybridized carbons (Fsp3) is 0.273. The molecule has 1 heterocycles. The summed E-state index contributed by atoms with van der Waals surface area (Å²) in [6.45, 7) is 3.73. The van der Waals surface area contributed by atoms with E-state index >= 15 is 0 Å². The molecule has 1 aromatic heterocycles. The summed E-state index contributed by atoms with van der Waals surface area (Å²) < 4.78 is 43.3. The van der Waals surface area contributed by atoms with Crippen molar-refractivity contribution in [2.75, 3.05) is 0 Å². The van der Waals surface area contributed by atoms with Crippen LogP contribution >= 0.6 is 27.3 Å². The Labute approximate surface area is 119 Å². The zero-order valence-corrected chi connectivity index (χ0v) is 12.3. The number of nitrogens with zero attached hydrogens (tertiary/aromatic N) is 2. The molecule has 0 aliphatic carbocycles. The van der Waals surface area contributed by atoms with E-state index in [1.807, 2.05) is 13.8 Å². The number of rotatable bonds is 2. The Kier molecular flexibility index (Phi) is 3.82. The van der Waals surface area contributed by atoms with Crippen LogP contribution in [0.1, 0.15) is 16.1 Å². The zero-order chi connectivity index (χ0) is 14.2.